The summed E-state index contributed by atoms with van der Waals surface area (Å²) in [6.07, 6.45) is 0.516. The number of benzene rings is 6. The molecule has 47 heavy (non-hydrogen) atoms. The third kappa shape index (κ3) is 7.57. The van der Waals surface area contributed by atoms with E-state index in [9.17, 15) is 19.8 Å². The molecule has 0 aromatic heterocycles. The maximum absolute atomic E-state index is 11.4. The van der Waals surface area contributed by atoms with Crippen LogP contribution in [0.25, 0.3) is 11.1 Å². The number of carbonyl (C=O) groups is 2. The van der Waals surface area contributed by atoms with Crippen molar-refractivity contribution in [1.29, 1.82) is 0 Å². The van der Waals surface area contributed by atoms with Crippen molar-refractivity contribution in [1.82, 2.24) is 0 Å². The summed E-state index contributed by atoms with van der Waals surface area (Å²) in [6, 6.07) is 52.6. The summed E-state index contributed by atoms with van der Waals surface area (Å²) in [4.78, 5) is 26.9. The first-order valence-electron chi connectivity index (χ1n) is 15.5. The number of hydrogen-bond donors (Lipinski definition) is 2. The number of carboxylic acid groups (broad SMARTS) is 2. The lowest BCUT2D eigenvalue weighted by molar-refractivity contribution is -0.137. The van der Waals surface area contributed by atoms with Gasteiger partial charge in [0.1, 0.15) is 0 Å². The average Bonchev–Trinajstić information content (AvgIpc) is 3.09. The molecule has 6 aromatic carbocycles. The molecule has 0 saturated carbocycles. The molecule has 0 fully saturated rings. The predicted molar refractivity (Wildman–Crippen MR) is 189 cm³/mol. The molecular weight excluding hydrogens is 584 g/mol. The molecule has 6 heteroatoms. The summed E-state index contributed by atoms with van der Waals surface area (Å²) in [7, 11) is 0. The van der Waals surface area contributed by atoms with Crippen molar-refractivity contribution in [2.45, 2.75) is 19.3 Å². The number of hydrogen-bond acceptors (Lipinski definition) is 4. The second-order valence-electron chi connectivity index (χ2n) is 11.2. The summed E-state index contributed by atoms with van der Waals surface area (Å²) in [6.45, 7) is 0. The Hall–Kier alpha value is -6.14. The van der Waals surface area contributed by atoms with E-state index in [4.69, 9.17) is 0 Å². The minimum absolute atomic E-state index is 0.0384. The van der Waals surface area contributed by atoms with Crippen LogP contribution in [0.2, 0.25) is 0 Å². The van der Waals surface area contributed by atoms with Gasteiger partial charge in [-0.25, -0.2) is 0 Å². The minimum Gasteiger partial charge on any atom is -0.481 e. The smallest absolute Gasteiger partial charge is 0.307 e. The zero-order valence-electron chi connectivity index (χ0n) is 25.7. The molecule has 0 radical (unpaired) electrons. The Morgan fingerprint density at radius 3 is 1.28 bits per heavy atom. The Morgan fingerprint density at radius 1 is 0.426 bits per heavy atom. The molecule has 0 amide bonds. The number of para-hydroxylation sites is 2. The highest BCUT2D eigenvalue weighted by atomic mass is 16.4. The molecule has 0 heterocycles. The molecule has 0 saturated heterocycles. The molecule has 0 aliphatic carbocycles. The maximum Gasteiger partial charge on any atom is 0.307 e. The molecule has 6 rings (SSSR count). The van der Waals surface area contributed by atoms with Gasteiger partial charge in [0, 0.05) is 40.5 Å². The van der Waals surface area contributed by atoms with Gasteiger partial charge >= 0.3 is 11.9 Å². The maximum atomic E-state index is 11.4. The fourth-order valence-corrected chi connectivity index (χ4v) is 5.74. The van der Waals surface area contributed by atoms with Gasteiger partial charge in [-0.2, -0.15) is 0 Å². The number of carboxylic acids is 2. The summed E-state index contributed by atoms with van der Waals surface area (Å²) in [5.41, 5.74) is 9.63. The Balaban J connectivity index is 1.30. The van der Waals surface area contributed by atoms with Crippen LogP contribution in [0, 0.1) is 0 Å². The van der Waals surface area contributed by atoms with E-state index < -0.39 is 11.9 Å². The Morgan fingerprint density at radius 2 is 0.830 bits per heavy atom. The molecule has 0 aliphatic rings. The average molecular weight is 619 g/mol. The van der Waals surface area contributed by atoms with Crippen molar-refractivity contribution >= 4 is 46.1 Å². The van der Waals surface area contributed by atoms with E-state index in [0.717, 1.165) is 56.4 Å². The molecule has 0 bridgehead atoms. The van der Waals surface area contributed by atoms with E-state index in [1.807, 2.05) is 91.0 Å². The van der Waals surface area contributed by atoms with Crippen molar-refractivity contribution in [2.75, 3.05) is 9.80 Å². The zero-order valence-corrected chi connectivity index (χ0v) is 25.7. The highest BCUT2D eigenvalue weighted by Gasteiger charge is 2.16. The summed E-state index contributed by atoms with van der Waals surface area (Å²) >= 11 is 0. The van der Waals surface area contributed by atoms with Gasteiger partial charge in [-0.05, 0) is 101 Å². The van der Waals surface area contributed by atoms with E-state index in [1.165, 1.54) is 0 Å². The number of aliphatic carboxylic acids is 2. The first-order valence-corrected chi connectivity index (χ1v) is 15.5. The lowest BCUT2D eigenvalue weighted by Crippen LogP contribution is -2.11. The summed E-state index contributed by atoms with van der Waals surface area (Å²) < 4.78 is 0. The second kappa shape index (κ2) is 14.3. The second-order valence-corrected chi connectivity index (χ2v) is 11.2. The molecule has 0 spiro atoms. The van der Waals surface area contributed by atoms with Crippen LogP contribution >= 0.6 is 0 Å². The van der Waals surface area contributed by atoms with Gasteiger partial charge in [0.15, 0.2) is 0 Å². The van der Waals surface area contributed by atoms with E-state index in [1.54, 1.807) is 0 Å². The molecule has 0 unspecified atom stereocenters. The number of rotatable bonds is 12. The van der Waals surface area contributed by atoms with E-state index in [-0.39, 0.29) is 12.8 Å². The monoisotopic (exact) mass is 618 g/mol. The minimum atomic E-state index is -0.861. The Labute approximate surface area is 274 Å². The van der Waals surface area contributed by atoms with Crippen LogP contribution in [0.5, 0.6) is 0 Å². The van der Waals surface area contributed by atoms with Gasteiger partial charge in [0.2, 0.25) is 0 Å². The summed E-state index contributed by atoms with van der Waals surface area (Å²) in [5.74, 6) is -1.67. The van der Waals surface area contributed by atoms with Crippen molar-refractivity contribution in [3.63, 3.8) is 0 Å². The lowest BCUT2D eigenvalue weighted by atomic mass is 10.0. The normalized spacial score (nSPS) is 10.7. The fourth-order valence-electron chi connectivity index (χ4n) is 5.74. The van der Waals surface area contributed by atoms with Gasteiger partial charge in [0.25, 0.3) is 0 Å². The lowest BCUT2D eigenvalue weighted by Gasteiger charge is -2.26. The van der Waals surface area contributed by atoms with E-state index >= 15 is 0 Å². The number of aryl methyl sites for hydroxylation is 1. The third-order valence-corrected chi connectivity index (χ3v) is 7.93. The largest absolute Gasteiger partial charge is 0.481 e. The van der Waals surface area contributed by atoms with Crippen molar-refractivity contribution in [2.24, 2.45) is 0 Å². The molecule has 0 atom stereocenters. The molecule has 6 aromatic rings. The highest BCUT2D eigenvalue weighted by molar-refractivity contribution is 5.81. The first kappa shape index (κ1) is 30.9. The van der Waals surface area contributed by atoms with Gasteiger partial charge < -0.3 is 20.0 Å². The van der Waals surface area contributed by atoms with Crippen LogP contribution in [0.4, 0.5) is 34.1 Å². The first-order chi connectivity index (χ1) is 22.9. The van der Waals surface area contributed by atoms with Gasteiger partial charge in [-0.15, -0.1) is 0 Å². The topological polar surface area (TPSA) is 81.1 Å². The Kier molecular flexibility index (Phi) is 9.40. The quantitative estimate of drug-likeness (QED) is 0.142. The van der Waals surface area contributed by atoms with E-state index in [2.05, 4.69) is 76.5 Å². The standard InChI is InChI=1S/C41H34N2O4/c44-40(45)26-17-30-9-7-15-38(27-30)42(34-11-3-1-4-12-34)36-22-18-32(19-23-36)33-20-24-37(25-21-33)43(35-13-5-2-6-14-35)39-16-8-10-31(28-39)29-41(46)47/h1-16,18-25,27-28H,17,26,29H2,(H,44,45)(H,46,47). The van der Waals surface area contributed by atoms with Gasteiger partial charge in [-0.1, -0.05) is 84.9 Å². The van der Waals surface area contributed by atoms with Crippen molar-refractivity contribution < 1.29 is 19.8 Å². The Bertz CT molecular complexity index is 1960. The SMILES string of the molecule is O=C(O)CCc1cccc(N(c2ccccc2)c2ccc(-c3ccc(N(c4ccccc4)c4cccc(CC(=O)O)c4)cc3)cc2)c1. The van der Waals surface area contributed by atoms with Crippen LogP contribution < -0.4 is 9.80 Å². The van der Waals surface area contributed by atoms with Gasteiger partial charge in [0.05, 0.1) is 6.42 Å². The summed E-state index contributed by atoms with van der Waals surface area (Å²) in [5, 5.41) is 18.5. The molecule has 6 nitrogen and oxygen atoms in total. The highest BCUT2D eigenvalue weighted by Crippen LogP contribution is 2.38. The van der Waals surface area contributed by atoms with Crippen LogP contribution in [0.1, 0.15) is 17.5 Å². The zero-order chi connectivity index (χ0) is 32.6. The number of anilines is 6. The van der Waals surface area contributed by atoms with Gasteiger partial charge in [-0.3, -0.25) is 9.59 Å². The van der Waals surface area contributed by atoms with Crippen molar-refractivity contribution in [3.8, 4) is 11.1 Å². The van der Waals surface area contributed by atoms with Crippen LogP contribution in [-0.2, 0) is 22.4 Å². The predicted octanol–water partition coefficient (Wildman–Crippen LogP) is 9.94. The van der Waals surface area contributed by atoms with Crippen LogP contribution in [0.3, 0.4) is 0 Å². The molecular formula is C41H34N2O4. The molecule has 0 aliphatic heterocycles. The van der Waals surface area contributed by atoms with E-state index in [0.29, 0.717) is 6.42 Å². The molecule has 232 valence electrons. The van der Waals surface area contributed by atoms with Crippen LogP contribution in [-0.4, -0.2) is 22.2 Å². The van der Waals surface area contributed by atoms with Crippen LogP contribution in [0.15, 0.2) is 158 Å². The molecule has 2 N–H and O–H groups in total. The third-order valence-electron chi connectivity index (χ3n) is 7.93. The van der Waals surface area contributed by atoms with Crippen molar-refractivity contribution in [3.05, 3.63) is 169 Å². The fraction of sp³-hybridized carbons (Fsp3) is 0.0732. The number of nitrogens with zero attached hydrogens (tertiary/aromatic N) is 2.